The number of ether oxygens (including phenoxy) is 1. The van der Waals surface area contributed by atoms with Crippen molar-refractivity contribution >= 4 is 33.4 Å². The summed E-state index contributed by atoms with van der Waals surface area (Å²) in [6.07, 6.45) is 3.58. The molecule has 8 heteroatoms. The van der Waals surface area contributed by atoms with E-state index in [-0.39, 0.29) is 16.1 Å². The average Bonchev–Trinajstić information content (AvgIpc) is 3.10. The molecule has 1 amide bonds. The standard InChI is InChI=1S/C16H24N2O4S2/c1-4-22-14-8-7-13(17-16(19)12(2)23-3)11-15(14)24(20,21)18-9-5-6-10-18/h7-8,11-12H,4-6,9-10H2,1-3H3,(H,17,19). The van der Waals surface area contributed by atoms with Crippen LogP contribution in [0.4, 0.5) is 5.69 Å². The van der Waals surface area contributed by atoms with Crippen LogP contribution in [0, 0.1) is 0 Å². The van der Waals surface area contributed by atoms with Crippen molar-refractivity contribution in [2.24, 2.45) is 0 Å². The van der Waals surface area contributed by atoms with Crippen molar-refractivity contribution in [2.75, 3.05) is 31.3 Å². The van der Waals surface area contributed by atoms with Gasteiger partial charge in [-0.25, -0.2) is 8.42 Å². The third kappa shape index (κ3) is 4.23. The van der Waals surface area contributed by atoms with Crippen LogP contribution in [0.15, 0.2) is 23.1 Å². The number of nitrogens with zero attached hydrogens (tertiary/aromatic N) is 1. The molecule has 1 N–H and O–H groups in total. The minimum atomic E-state index is -3.62. The fraction of sp³-hybridized carbons (Fsp3) is 0.562. The Morgan fingerprint density at radius 2 is 2.04 bits per heavy atom. The highest BCUT2D eigenvalue weighted by molar-refractivity contribution is 7.99. The van der Waals surface area contributed by atoms with E-state index in [0.717, 1.165) is 12.8 Å². The summed E-state index contributed by atoms with van der Waals surface area (Å²) in [5.41, 5.74) is 0.460. The minimum absolute atomic E-state index is 0.112. The molecular formula is C16H24N2O4S2. The lowest BCUT2D eigenvalue weighted by atomic mass is 10.3. The van der Waals surface area contributed by atoms with Gasteiger partial charge in [-0.3, -0.25) is 4.79 Å². The Balaban J connectivity index is 2.36. The van der Waals surface area contributed by atoms with Gasteiger partial charge in [-0.15, -0.1) is 0 Å². The largest absolute Gasteiger partial charge is 0.492 e. The van der Waals surface area contributed by atoms with Crippen molar-refractivity contribution < 1.29 is 17.9 Å². The molecule has 0 radical (unpaired) electrons. The molecule has 0 spiro atoms. The molecule has 2 rings (SSSR count). The van der Waals surface area contributed by atoms with Crippen LogP contribution in [-0.4, -0.2) is 49.8 Å². The molecule has 0 aromatic heterocycles. The number of rotatable bonds is 7. The van der Waals surface area contributed by atoms with Crippen molar-refractivity contribution in [3.05, 3.63) is 18.2 Å². The van der Waals surface area contributed by atoms with Gasteiger partial charge in [0.05, 0.1) is 11.9 Å². The first-order chi connectivity index (χ1) is 11.4. The maximum absolute atomic E-state index is 12.9. The van der Waals surface area contributed by atoms with Crippen LogP contribution < -0.4 is 10.1 Å². The lowest BCUT2D eigenvalue weighted by Gasteiger charge is -2.19. The Kier molecular flexibility index (Phi) is 6.54. The van der Waals surface area contributed by atoms with Gasteiger partial charge in [0.15, 0.2) is 0 Å². The first-order valence-electron chi connectivity index (χ1n) is 8.00. The molecule has 1 atom stereocenters. The van der Waals surface area contributed by atoms with E-state index in [1.807, 2.05) is 13.2 Å². The quantitative estimate of drug-likeness (QED) is 0.796. The number of sulfonamides is 1. The van der Waals surface area contributed by atoms with Gasteiger partial charge in [0.25, 0.3) is 0 Å². The molecule has 1 aromatic rings. The zero-order chi connectivity index (χ0) is 17.7. The maximum atomic E-state index is 12.9. The predicted octanol–water partition coefficient (Wildman–Crippen LogP) is 2.56. The van der Waals surface area contributed by atoms with Crippen molar-refractivity contribution in [3.8, 4) is 5.75 Å². The fourth-order valence-electron chi connectivity index (χ4n) is 2.48. The lowest BCUT2D eigenvalue weighted by molar-refractivity contribution is -0.115. The summed E-state index contributed by atoms with van der Waals surface area (Å²) >= 11 is 1.43. The van der Waals surface area contributed by atoms with Crippen molar-refractivity contribution in [1.82, 2.24) is 4.31 Å². The molecule has 24 heavy (non-hydrogen) atoms. The van der Waals surface area contributed by atoms with Gasteiger partial charge in [-0.2, -0.15) is 16.1 Å². The number of anilines is 1. The van der Waals surface area contributed by atoms with Gasteiger partial charge in [0.2, 0.25) is 15.9 Å². The van der Waals surface area contributed by atoms with Crippen molar-refractivity contribution in [2.45, 2.75) is 36.8 Å². The first-order valence-corrected chi connectivity index (χ1v) is 10.7. The van der Waals surface area contributed by atoms with E-state index in [2.05, 4.69) is 5.32 Å². The number of nitrogens with one attached hydrogen (secondary N) is 1. The smallest absolute Gasteiger partial charge is 0.246 e. The maximum Gasteiger partial charge on any atom is 0.246 e. The molecule has 1 saturated heterocycles. The molecule has 1 unspecified atom stereocenters. The van der Waals surface area contributed by atoms with Crippen LogP contribution in [0.1, 0.15) is 26.7 Å². The van der Waals surface area contributed by atoms with E-state index in [9.17, 15) is 13.2 Å². The minimum Gasteiger partial charge on any atom is -0.492 e. The van der Waals surface area contributed by atoms with Gasteiger partial charge in [0.1, 0.15) is 10.6 Å². The van der Waals surface area contributed by atoms with E-state index in [1.54, 1.807) is 19.1 Å². The second kappa shape index (κ2) is 8.22. The number of hydrogen-bond donors (Lipinski definition) is 1. The molecule has 1 aliphatic heterocycles. The first kappa shape index (κ1) is 19.1. The van der Waals surface area contributed by atoms with Gasteiger partial charge in [0, 0.05) is 18.8 Å². The van der Waals surface area contributed by atoms with Crippen LogP contribution in [0.5, 0.6) is 5.75 Å². The Hall–Kier alpha value is -1.25. The van der Waals surface area contributed by atoms with E-state index in [4.69, 9.17) is 4.74 Å². The summed E-state index contributed by atoms with van der Waals surface area (Å²) in [5.74, 6) is 0.163. The molecule has 0 bridgehead atoms. The lowest BCUT2D eigenvalue weighted by Crippen LogP contribution is -2.28. The van der Waals surface area contributed by atoms with Gasteiger partial charge in [-0.05, 0) is 51.1 Å². The number of amides is 1. The topological polar surface area (TPSA) is 75.7 Å². The van der Waals surface area contributed by atoms with Crippen molar-refractivity contribution in [3.63, 3.8) is 0 Å². The summed E-state index contributed by atoms with van der Waals surface area (Å²) < 4.78 is 32.7. The Morgan fingerprint density at radius 1 is 1.38 bits per heavy atom. The molecule has 0 saturated carbocycles. The third-order valence-electron chi connectivity index (χ3n) is 3.92. The Bertz CT molecular complexity index is 685. The van der Waals surface area contributed by atoms with Gasteiger partial charge >= 0.3 is 0 Å². The molecule has 134 valence electrons. The molecule has 0 aliphatic carbocycles. The Morgan fingerprint density at radius 3 is 2.62 bits per heavy atom. The second-order valence-corrected chi connectivity index (χ2v) is 8.66. The van der Waals surface area contributed by atoms with Crippen LogP contribution >= 0.6 is 11.8 Å². The predicted molar refractivity (Wildman–Crippen MR) is 97.2 cm³/mol. The fourth-order valence-corrected chi connectivity index (χ4v) is 4.43. The molecule has 1 aliphatic rings. The normalized spacial score (nSPS) is 16.8. The average molecular weight is 373 g/mol. The van der Waals surface area contributed by atoms with Crippen molar-refractivity contribution in [1.29, 1.82) is 0 Å². The molecule has 1 fully saturated rings. The van der Waals surface area contributed by atoms with Crippen LogP contribution in [-0.2, 0) is 14.8 Å². The summed E-state index contributed by atoms with van der Waals surface area (Å²) in [6.45, 7) is 5.03. The number of hydrogen-bond acceptors (Lipinski definition) is 5. The summed E-state index contributed by atoms with van der Waals surface area (Å²) in [7, 11) is -3.62. The summed E-state index contributed by atoms with van der Waals surface area (Å²) in [4.78, 5) is 12.2. The van der Waals surface area contributed by atoms with Gasteiger partial charge < -0.3 is 10.1 Å². The third-order valence-corrected chi connectivity index (χ3v) is 6.76. The zero-order valence-electron chi connectivity index (χ0n) is 14.2. The zero-order valence-corrected chi connectivity index (χ0v) is 15.9. The number of benzene rings is 1. The van der Waals surface area contributed by atoms with E-state index >= 15 is 0 Å². The second-order valence-electron chi connectivity index (χ2n) is 5.57. The monoisotopic (exact) mass is 372 g/mol. The van der Waals surface area contributed by atoms with E-state index in [0.29, 0.717) is 31.1 Å². The summed E-state index contributed by atoms with van der Waals surface area (Å²) in [6, 6.07) is 4.76. The van der Waals surface area contributed by atoms with Crippen LogP contribution in [0.25, 0.3) is 0 Å². The Labute approximate surface area is 148 Å². The number of carbonyl (C=O) groups is 1. The number of carbonyl (C=O) groups excluding carboxylic acids is 1. The van der Waals surface area contributed by atoms with E-state index < -0.39 is 10.0 Å². The highest BCUT2D eigenvalue weighted by atomic mass is 32.2. The highest BCUT2D eigenvalue weighted by Crippen LogP contribution is 2.31. The van der Waals surface area contributed by atoms with Crippen LogP contribution in [0.3, 0.4) is 0 Å². The van der Waals surface area contributed by atoms with E-state index in [1.165, 1.54) is 22.1 Å². The molecule has 6 nitrogen and oxygen atoms in total. The summed E-state index contributed by atoms with van der Waals surface area (Å²) in [5, 5.41) is 2.55. The van der Waals surface area contributed by atoms with Crippen LogP contribution in [0.2, 0.25) is 0 Å². The van der Waals surface area contributed by atoms with Gasteiger partial charge in [-0.1, -0.05) is 0 Å². The highest BCUT2D eigenvalue weighted by Gasteiger charge is 2.30. The SMILES string of the molecule is CCOc1ccc(NC(=O)C(C)SC)cc1S(=O)(=O)N1CCCC1. The molecular weight excluding hydrogens is 348 g/mol. The molecule has 1 heterocycles. The molecule has 1 aromatic carbocycles. The number of thioether (sulfide) groups is 1.